The minimum atomic E-state index is -0.967. The van der Waals surface area contributed by atoms with Gasteiger partial charge < -0.3 is 15.1 Å². The molecule has 0 radical (unpaired) electrons. The van der Waals surface area contributed by atoms with Crippen LogP contribution >= 0.6 is 0 Å². The number of aryl methyl sites for hydroxylation is 1. The summed E-state index contributed by atoms with van der Waals surface area (Å²) >= 11 is 0. The Labute approximate surface area is 125 Å². The summed E-state index contributed by atoms with van der Waals surface area (Å²) < 4.78 is 0. The Morgan fingerprint density at radius 2 is 2.00 bits per heavy atom. The summed E-state index contributed by atoms with van der Waals surface area (Å²) in [5.41, 5.74) is 4.28. The van der Waals surface area contributed by atoms with Crippen LogP contribution in [0.15, 0.2) is 42.6 Å². The topological polar surface area (TPSA) is 81.8 Å². The maximum absolute atomic E-state index is 11.4. The van der Waals surface area contributed by atoms with E-state index in [0.717, 1.165) is 27.5 Å². The fourth-order valence-electron chi connectivity index (χ4n) is 2.82. The number of aromatic amines is 2. The number of nitrogens with zero attached hydrogens (tertiary/aromatic N) is 1. The van der Waals surface area contributed by atoms with Gasteiger partial charge in [0, 0.05) is 22.7 Å². The van der Waals surface area contributed by atoms with Crippen LogP contribution in [-0.4, -0.2) is 26.0 Å². The molecule has 5 heteroatoms. The SMILES string of the molecule is Cc1cc(C(=O)O)c2nc(-c3c[nH]c4ccccc34)[nH]c2c1. The molecule has 22 heavy (non-hydrogen) atoms. The van der Waals surface area contributed by atoms with Gasteiger partial charge in [-0.1, -0.05) is 18.2 Å². The summed E-state index contributed by atoms with van der Waals surface area (Å²) in [6, 6.07) is 11.5. The molecule has 4 rings (SSSR count). The van der Waals surface area contributed by atoms with Crippen LogP contribution in [0.3, 0.4) is 0 Å². The predicted octanol–water partition coefficient (Wildman–Crippen LogP) is 3.72. The Bertz CT molecular complexity index is 1030. The number of benzene rings is 2. The summed E-state index contributed by atoms with van der Waals surface area (Å²) in [5.74, 6) is -0.300. The Balaban J connectivity index is 2.00. The van der Waals surface area contributed by atoms with E-state index in [2.05, 4.69) is 15.0 Å². The van der Waals surface area contributed by atoms with Crippen molar-refractivity contribution in [1.82, 2.24) is 15.0 Å². The fourth-order valence-corrected chi connectivity index (χ4v) is 2.82. The Kier molecular flexibility index (Phi) is 2.56. The van der Waals surface area contributed by atoms with Gasteiger partial charge in [0.15, 0.2) is 0 Å². The lowest BCUT2D eigenvalue weighted by Gasteiger charge is -1.97. The van der Waals surface area contributed by atoms with Crippen LogP contribution in [0, 0.1) is 6.92 Å². The molecule has 0 bridgehead atoms. The maximum atomic E-state index is 11.4. The molecule has 108 valence electrons. The molecule has 2 aromatic carbocycles. The number of para-hydroxylation sites is 1. The average molecular weight is 291 g/mol. The van der Waals surface area contributed by atoms with E-state index in [9.17, 15) is 9.90 Å². The number of fused-ring (bicyclic) bond motifs is 2. The van der Waals surface area contributed by atoms with Crippen molar-refractivity contribution >= 4 is 27.9 Å². The van der Waals surface area contributed by atoms with Gasteiger partial charge in [-0.15, -0.1) is 0 Å². The van der Waals surface area contributed by atoms with E-state index >= 15 is 0 Å². The van der Waals surface area contributed by atoms with Crippen molar-refractivity contribution in [3.8, 4) is 11.4 Å². The van der Waals surface area contributed by atoms with E-state index < -0.39 is 5.97 Å². The summed E-state index contributed by atoms with van der Waals surface area (Å²) in [7, 11) is 0. The molecule has 0 atom stereocenters. The number of H-pyrrole nitrogens is 2. The second-order valence-electron chi connectivity index (χ2n) is 5.35. The first-order valence-corrected chi connectivity index (χ1v) is 6.93. The number of carbonyl (C=O) groups is 1. The third-order valence-corrected chi connectivity index (χ3v) is 3.81. The van der Waals surface area contributed by atoms with Crippen LogP contribution in [0.1, 0.15) is 15.9 Å². The average Bonchev–Trinajstić information content (AvgIpc) is 3.09. The number of aromatic carboxylic acids is 1. The molecule has 0 spiro atoms. The highest BCUT2D eigenvalue weighted by atomic mass is 16.4. The molecule has 4 aromatic rings. The summed E-state index contributed by atoms with van der Waals surface area (Å²) in [6.45, 7) is 1.87. The van der Waals surface area contributed by atoms with E-state index in [-0.39, 0.29) is 5.56 Å². The molecule has 0 saturated heterocycles. The zero-order valence-electron chi connectivity index (χ0n) is 11.8. The van der Waals surface area contributed by atoms with Crippen LogP contribution < -0.4 is 0 Å². The van der Waals surface area contributed by atoms with Crippen LogP contribution in [0.4, 0.5) is 0 Å². The number of rotatable bonds is 2. The number of nitrogens with one attached hydrogen (secondary N) is 2. The van der Waals surface area contributed by atoms with Gasteiger partial charge in [-0.25, -0.2) is 9.78 Å². The van der Waals surface area contributed by atoms with Crippen molar-refractivity contribution in [2.75, 3.05) is 0 Å². The molecule has 0 amide bonds. The summed E-state index contributed by atoms with van der Waals surface area (Å²) in [6.07, 6.45) is 1.88. The minimum Gasteiger partial charge on any atom is -0.478 e. The highest BCUT2D eigenvalue weighted by Gasteiger charge is 2.16. The second kappa shape index (κ2) is 4.46. The smallest absolute Gasteiger partial charge is 0.337 e. The molecular formula is C17H13N3O2. The number of aromatic nitrogens is 3. The monoisotopic (exact) mass is 291 g/mol. The van der Waals surface area contributed by atoms with E-state index in [4.69, 9.17) is 0 Å². The lowest BCUT2D eigenvalue weighted by Crippen LogP contribution is -1.98. The van der Waals surface area contributed by atoms with Gasteiger partial charge >= 0.3 is 5.97 Å². The van der Waals surface area contributed by atoms with Crippen LogP contribution in [0.2, 0.25) is 0 Å². The van der Waals surface area contributed by atoms with Gasteiger partial charge in [-0.05, 0) is 30.7 Å². The molecule has 0 aliphatic rings. The number of imidazole rings is 1. The van der Waals surface area contributed by atoms with Gasteiger partial charge in [0.2, 0.25) is 0 Å². The maximum Gasteiger partial charge on any atom is 0.337 e. The molecule has 0 aliphatic heterocycles. The lowest BCUT2D eigenvalue weighted by atomic mass is 10.1. The molecule has 2 aromatic heterocycles. The first kappa shape index (κ1) is 12.6. The molecule has 3 N–H and O–H groups in total. The van der Waals surface area contributed by atoms with E-state index in [1.807, 2.05) is 43.5 Å². The van der Waals surface area contributed by atoms with E-state index in [1.54, 1.807) is 6.07 Å². The Hall–Kier alpha value is -3.08. The van der Waals surface area contributed by atoms with Crippen molar-refractivity contribution in [1.29, 1.82) is 0 Å². The first-order chi connectivity index (χ1) is 10.6. The van der Waals surface area contributed by atoms with Crippen molar-refractivity contribution in [3.63, 3.8) is 0 Å². The highest BCUT2D eigenvalue weighted by molar-refractivity contribution is 6.03. The Morgan fingerprint density at radius 1 is 1.18 bits per heavy atom. The standard InChI is InChI=1S/C17H13N3O2/c1-9-6-11(17(21)22)15-14(7-9)19-16(20-15)12-8-18-13-5-3-2-4-10(12)13/h2-8,18H,1H3,(H,19,20)(H,21,22). The van der Waals surface area contributed by atoms with E-state index in [1.165, 1.54) is 0 Å². The number of carboxylic acids is 1. The molecule has 0 saturated carbocycles. The molecule has 2 heterocycles. The van der Waals surface area contributed by atoms with Crippen LogP contribution in [0.5, 0.6) is 0 Å². The predicted molar refractivity (Wildman–Crippen MR) is 85.1 cm³/mol. The van der Waals surface area contributed by atoms with Crippen molar-refractivity contribution in [3.05, 3.63) is 53.7 Å². The molecule has 0 fully saturated rings. The number of hydrogen-bond donors (Lipinski definition) is 3. The molecule has 0 unspecified atom stereocenters. The summed E-state index contributed by atoms with van der Waals surface area (Å²) in [4.78, 5) is 22.4. The van der Waals surface area contributed by atoms with Gasteiger partial charge in [-0.2, -0.15) is 0 Å². The normalized spacial score (nSPS) is 11.3. The number of hydrogen-bond acceptors (Lipinski definition) is 2. The molecular weight excluding hydrogens is 278 g/mol. The third kappa shape index (κ3) is 1.79. The second-order valence-corrected chi connectivity index (χ2v) is 5.35. The lowest BCUT2D eigenvalue weighted by molar-refractivity contribution is 0.0698. The van der Waals surface area contributed by atoms with Gasteiger partial charge in [0.1, 0.15) is 11.3 Å². The highest BCUT2D eigenvalue weighted by Crippen LogP contribution is 2.29. The number of carboxylic acid groups (broad SMARTS) is 1. The third-order valence-electron chi connectivity index (χ3n) is 3.81. The van der Waals surface area contributed by atoms with Crippen molar-refractivity contribution < 1.29 is 9.90 Å². The quantitative estimate of drug-likeness (QED) is 0.526. The Morgan fingerprint density at radius 3 is 2.82 bits per heavy atom. The largest absolute Gasteiger partial charge is 0.478 e. The van der Waals surface area contributed by atoms with Crippen molar-refractivity contribution in [2.45, 2.75) is 6.92 Å². The molecule has 5 nitrogen and oxygen atoms in total. The van der Waals surface area contributed by atoms with Gasteiger partial charge in [0.05, 0.1) is 11.1 Å². The fraction of sp³-hybridized carbons (Fsp3) is 0.0588. The van der Waals surface area contributed by atoms with E-state index in [0.29, 0.717) is 11.3 Å². The minimum absolute atomic E-state index is 0.220. The van der Waals surface area contributed by atoms with Crippen LogP contribution in [-0.2, 0) is 0 Å². The first-order valence-electron chi connectivity index (χ1n) is 6.93. The van der Waals surface area contributed by atoms with Gasteiger partial charge in [-0.3, -0.25) is 0 Å². The van der Waals surface area contributed by atoms with Gasteiger partial charge in [0.25, 0.3) is 0 Å². The van der Waals surface area contributed by atoms with Crippen LogP contribution in [0.25, 0.3) is 33.3 Å². The summed E-state index contributed by atoms with van der Waals surface area (Å²) in [5, 5.41) is 10.4. The zero-order valence-corrected chi connectivity index (χ0v) is 11.8. The van der Waals surface area contributed by atoms with Crippen molar-refractivity contribution in [2.24, 2.45) is 0 Å². The zero-order chi connectivity index (χ0) is 15.3. The molecule has 0 aliphatic carbocycles.